The van der Waals surface area contributed by atoms with E-state index in [2.05, 4.69) is 45.1 Å². The van der Waals surface area contributed by atoms with E-state index in [9.17, 15) is 5.11 Å². The molecule has 2 nitrogen and oxygen atoms in total. The van der Waals surface area contributed by atoms with Gasteiger partial charge in [-0.25, -0.2) is 0 Å². The second-order valence-corrected chi connectivity index (χ2v) is 6.20. The summed E-state index contributed by atoms with van der Waals surface area (Å²) in [5.74, 6) is 0. The second-order valence-electron chi connectivity index (χ2n) is 5.29. The van der Waals surface area contributed by atoms with Crippen molar-refractivity contribution in [2.45, 2.75) is 37.3 Å². The Morgan fingerprint density at radius 3 is 2.76 bits per heavy atom. The van der Waals surface area contributed by atoms with Gasteiger partial charge in [-0.15, -0.1) is 0 Å². The Bertz CT molecular complexity index is 405. The molecular formula is C14H18BrNO. The summed E-state index contributed by atoms with van der Waals surface area (Å²) in [4.78, 5) is 2.54. The molecule has 0 aliphatic carbocycles. The zero-order valence-corrected chi connectivity index (χ0v) is 11.5. The van der Waals surface area contributed by atoms with Gasteiger partial charge in [-0.1, -0.05) is 28.1 Å². The smallest absolute Gasteiger partial charge is 0.0615 e. The minimum absolute atomic E-state index is 0.0950. The molecule has 0 spiro atoms. The third-order valence-corrected chi connectivity index (χ3v) is 4.99. The molecule has 1 aromatic rings. The first-order valence-corrected chi connectivity index (χ1v) is 7.18. The van der Waals surface area contributed by atoms with Gasteiger partial charge in [-0.05, 0) is 49.9 Å². The zero-order chi connectivity index (χ0) is 11.9. The molecule has 2 saturated heterocycles. The van der Waals surface area contributed by atoms with Gasteiger partial charge in [0.25, 0.3) is 0 Å². The normalized spacial score (nSPS) is 32.9. The number of nitrogens with zero attached hydrogens (tertiary/aromatic N) is 1. The first kappa shape index (κ1) is 11.7. The van der Waals surface area contributed by atoms with Gasteiger partial charge in [0, 0.05) is 16.1 Å². The Morgan fingerprint density at radius 2 is 2.06 bits per heavy atom. The van der Waals surface area contributed by atoms with Crippen molar-refractivity contribution in [2.75, 3.05) is 13.2 Å². The number of aliphatic hydroxyl groups is 1. The van der Waals surface area contributed by atoms with Gasteiger partial charge in [-0.3, -0.25) is 4.90 Å². The number of hydrogen-bond donors (Lipinski definition) is 1. The molecule has 0 saturated carbocycles. The quantitative estimate of drug-likeness (QED) is 0.906. The van der Waals surface area contributed by atoms with E-state index < -0.39 is 0 Å². The van der Waals surface area contributed by atoms with Crippen molar-refractivity contribution in [3.8, 4) is 0 Å². The van der Waals surface area contributed by atoms with Crippen molar-refractivity contribution >= 4 is 15.9 Å². The van der Waals surface area contributed by atoms with E-state index in [1.54, 1.807) is 0 Å². The van der Waals surface area contributed by atoms with Gasteiger partial charge in [0.05, 0.1) is 6.61 Å². The van der Waals surface area contributed by atoms with Gasteiger partial charge < -0.3 is 5.11 Å². The fourth-order valence-corrected chi connectivity index (χ4v) is 3.82. The number of hydrogen-bond acceptors (Lipinski definition) is 2. The van der Waals surface area contributed by atoms with Gasteiger partial charge in [0.1, 0.15) is 0 Å². The topological polar surface area (TPSA) is 23.5 Å². The van der Waals surface area contributed by atoms with Crippen molar-refractivity contribution in [2.24, 2.45) is 0 Å². The minimum Gasteiger partial charge on any atom is -0.394 e. The maximum absolute atomic E-state index is 9.69. The summed E-state index contributed by atoms with van der Waals surface area (Å²) >= 11 is 3.48. The molecule has 0 amide bonds. The van der Waals surface area contributed by atoms with E-state index >= 15 is 0 Å². The summed E-state index contributed by atoms with van der Waals surface area (Å²) in [7, 11) is 0. The van der Waals surface area contributed by atoms with Gasteiger partial charge in [0.15, 0.2) is 0 Å². The Balaban J connectivity index is 1.88. The summed E-state index contributed by atoms with van der Waals surface area (Å²) in [5.41, 5.74) is 1.49. The number of fused-ring (bicyclic) bond motifs is 1. The van der Waals surface area contributed by atoms with Crippen LogP contribution >= 0.6 is 15.9 Å². The molecule has 2 aliphatic rings. The van der Waals surface area contributed by atoms with Gasteiger partial charge >= 0.3 is 0 Å². The fourth-order valence-electron chi connectivity index (χ4n) is 3.56. The predicted molar refractivity (Wildman–Crippen MR) is 71.9 cm³/mol. The van der Waals surface area contributed by atoms with Crippen molar-refractivity contribution in [1.29, 1.82) is 0 Å². The molecule has 2 unspecified atom stereocenters. The average molecular weight is 296 g/mol. The van der Waals surface area contributed by atoms with Crippen molar-refractivity contribution < 1.29 is 5.11 Å². The van der Waals surface area contributed by atoms with E-state index in [4.69, 9.17) is 0 Å². The van der Waals surface area contributed by atoms with Gasteiger partial charge in [-0.2, -0.15) is 0 Å². The van der Waals surface area contributed by atoms with Crippen LogP contribution in [-0.2, 0) is 0 Å². The van der Waals surface area contributed by atoms with Crippen molar-refractivity contribution in [3.63, 3.8) is 0 Å². The van der Waals surface area contributed by atoms with Crippen LogP contribution in [0, 0.1) is 0 Å². The van der Waals surface area contributed by atoms with Crippen LogP contribution in [0.25, 0.3) is 0 Å². The molecule has 2 aliphatic heterocycles. The molecule has 2 heterocycles. The highest BCUT2D eigenvalue weighted by atomic mass is 79.9. The third kappa shape index (κ3) is 1.85. The molecule has 3 rings (SSSR count). The maximum atomic E-state index is 9.69. The summed E-state index contributed by atoms with van der Waals surface area (Å²) in [5, 5.41) is 9.69. The van der Waals surface area contributed by atoms with Crippen LogP contribution in [0.1, 0.15) is 37.3 Å². The number of halogens is 1. The summed E-state index contributed by atoms with van der Waals surface area (Å²) < 4.78 is 1.13. The highest BCUT2D eigenvalue weighted by Gasteiger charge is 2.48. The van der Waals surface area contributed by atoms with Crippen molar-refractivity contribution in [1.82, 2.24) is 4.90 Å². The molecule has 1 N–H and O–H groups in total. The molecule has 0 aromatic heterocycles. The molecule has 17 heavy (non-hydrogen) atoms. The lowest BCUT2D eigenvalue weighted by Crippen LogP contribution is -2.42. The second kappa shape index (κ2) is 4.38. The van der Waals surface area contributed by atoms with Crippen LogP contribution in [0.15, 0.2) is 28.7 Å². The van der Waals surface area contributed by atoms with Crippen LogP contribution < -0.4 is 0 Å². The van der Waals surface area contributed by atoms with E-state index in [0.717, 1.165) is 23.9 Å². The molecule has 2 atom stereocenters. The van der Waals surface area contributed by atoms with E-state index in [1.165, 1.54) is 18.4 Å². The molecule has 1 aromatic carbocycles. The standard InChI is InChI=1S/C14H18BrNO/c15-12-4-2-11(3-5-12)13-6-8-14(10-17)7-1-9-16(13)14/h2-5,13,17H,1,6-10H2. The highest BCUT2D eigenvalue weighted by molar-refractivity contribution is 9.10. The SMILES string of the molecule is OCC12CCCN1C(c1ccc(Br)cc1)CC2. The largest absolute Gasteiger partial charge is 0.394 e. The average Bonchev–Trinajstić information content (AvgIpc) is 2.89. The summed E-state index contributed by atoms with van der Waals surface area (Å²) in [6, 6.07) is 9.16. The van der Waals surface area contributed by atoms with Crippen LogP contribution in [0.3, 0.4) is 0 Å². The summed E-state index contributed by atoms with van der Waals surface area (Å²) in [6.07, 6.45) is 4.72. The number of rotatable bonds is 2. The zero-order valence-electron chi connectivity index (χ0n) is 9.90. The monoisotopic (exact) mass is 295 g/mol. The Kier molecular flexibility index (Phi) is 3.01. The van der Waals surface area contributed by atoms with Crippen molar-refractivity contribution in [3.05, 3.63) is 34.3 Å². The molecule has 0 radical (unpaired) electrons. The molecule has 92 valence electrons. The molecule has 0 bridgehead atoms. The third-order valence-electron chi connectivity index (χ3n) is 4.46. The van der Waals surface area contributed by atoms with E-state index in [-0.39, 0.29) is 5.54 Å². The molecular weight excluding hydrogens is 278 g/mol. The van der Waals surface area contributed by atoms with E-state index in [1.807, 2.05) is 0 Å². The van der Waals surface area contributed by atoms with Crippen LogP contribution in [-0.4, -0.2) is 28.7 Å². The summed E-state index contributed by atoms with van der Waals surface area (Å²) in [6.45, 7) is 1.46. The lowest BCUT2D eigenvalue weighted by Gasteiger charge is -2.33. The van der Waals surface area contributed by atoms with Crippen LogP contribution in [0.2, 0.25) is 0 Å². The Labute approximate surface area is 111 Å². The number of aliphatic hydroxyl groups excluding tert-OH is 1. The number of benzene rings is 1. The Hall–Kier alpha value is -0.380. The Morgan fingerprint density at radius 1 is 1.29 bits per heavy atom. The molecule has 3 heteroatoms. The van der Waals surface area contributed by atoms with E-state index in [0.29, 0.717) is 12.6 Å². The predicted octanol–water partition coefficient (Wildman–Crippen LogP) is 3.11. The first-order chi connectivity index (χ1) is 8.25. The lowest BCUT2D eigenvalue weighted by atomic mass is 9.95. The molecule has 2 fully saturated rings. The minimum atomic E-state index is 0.0950. The lowest BCUT2D eigenvalue weighted by molar-refractivity contribution is 0.0776. The maximum Gasteiger partial charge on any atom is 0.0615 e. The van der Waals surface area contributed by atoms with Gasteiger partial charge in [0.2, 0.25) is 0 Å². The fraction of sp³-hybridized carbons (Fsp3) is 0.571. The first-order valence-electron chi connectivity index (χ1n) is 6.38. The highest BCUT2D eigenvalue weighted by Crippen LogP contribution is 2.48. The van der Waals surface area contributed by atoms with Crippen LogP contribution in [0.4, 0.5) is 0 Å². The van der Waals surface area contributed by atoms with Crippen LogP contribution in [0.5, 0.6) is 0 Å².